The number of ketones is 1. The van der Waals surface area contributed by atoms with Crippen LogP contribution < -0.4 is 5.32 Å². The molecule has 0 spiro atoms. The van der Waals surface area contributed by atoms with Gasteiger partial charge in [0.05, 0.1) is 11.1 Å². The van der Waals surface area contributed by atoms with Crippen LogP contribution in [-0.4, -0.2) is 29.0 Å². The maximum atomic E-state index is 12.3. The summed E-state index contributed by atoms with van der Waals surface area (Å²) in [6.07, 6.45) is 0. The van der Waals surface area contributed by atoms with E-state index in [1.165, 1.54) is 24.3 Å². The Morgan fingerprint density at radius 2 is 1.65 bits per heavy atom. The monoisotopic (exact) mass is 271 g/mol. The maximum absolute atomic E-state index is 12.3. The molecule has 0 aliphatic rings. The Hall–Kier alpha value is -2.82. The van der Waals surface area contributed by atoms with Crippen molar-refractivity contribution >= 4 is 17.4 Å². The molecule has 3 N–H and O–H groups in total. The molecule has 102 valence electrons. The lowest BCUT2D eigenvalue weighted by molar-refractivity contribution is 0.0692. The summed E-state index contributed by atoms with van der Waals surface area (Å²) in [5.41, 5.74) is 0.686. The number of hydrogen-bond donors (Lipinski definition) is 3. The summed E-state index contributed by atoms with van der Waals surface area (Å²) in [7, 11) is 1.69. The molecule has 0 aliphatic carbocycles. The minimum absolute atomic E-state index is 0.0486. The third kappa shape index (κ3) is 2.47. The van der Waals surface area contributed by atoms with E-state index in [0.29, 0.717) is 5.69 Å². The first-order valence-electron chi connectivity index (χ1n) is 5.92. The van der Waals surface area contributed by atoms with Crippen LogP contribution in [0.25, 0.3) is 0 Å². The molecule has 0 bridgehead atoms. The van der Waals surface area contributed by atoms with Gasteiger partial charge in [-0.2, -0.15) is 0 Å². The van der Waals surface area contributed by atoms with E-state index in [1.807, 2.05) is 0 Å². The second-order valence-corrected chi connectivity index (χ2v) is 4.16. The summed E-state index contributed by atoms with van der Waals surface area (Å²) in [5, 5.41) is 21.8. The van der Waals surface area contributed by atoms with Crippen molar-refractivity contribution < 1.29 is 19.8 Å². The standard InChI is InChI=1S/C15H13NO4/c1-16-9-6-7-12(13(17)8-9)14(18)10-4-2-3-5-11(10)15(19)20/h2-8,16-17H,1H3,(H,19,20). The van der Waals surface area contributed by atoms with Gasteiger partial charge in [-0.05, 0) is 18.2 Å². The van der Waals surface area contributed by atoms with Crippen LogP contribution in [0.2, 0.25) is 0 Å². The zero-order chi connectivity index (χ0) is 14.7. The summed E-state index contributed by atoms with van der Waals surface area (Å²) >= 11 is 0. The number of anilines is 1. The average Bonchev–Trinajstić information content (AvgIpc) is 2.46. The first-order chi connectivity index (χ1) is 9.54. The Kier molecular flexibility index (Phi) is 3.70. The molecule has 0 amide bonds. The molecule has 2 rings (SSSR count). The molecule has 0 fully saturated rings. The predicted octanol–water partition coefficient (Wildman–Crippen LogP) is 2.36. The summed E-state index contributed by atoms with van der Waals surface area (Å²) in [6.45, 7) is 0. The van der Waals surface area contributed by atoms with Crippen molar-refractivity contribution in [2.75, 3.05) is 12.4 Å². The molecule has 0 unspecified atom stereocenters. The number of carboxylic acid groups (broad SMARTS) is 1. The van der Waals surface area contributed by atoms with Gasteiger partial charge in [0.1, 0.15) is 5.75 Å². The molecular formula is C15H13NO4. The molecule has 0 atom stereocenters. The van der Waals surface area contributed by atoms with Crippen LogP contribution in [0.1, 0.15) is 26.3 Å². The SMILES string of the molecule is CNc1ccc(C(=O)c2ccccc2C(=O)O)c(O)c1. The maximum Gasteiger partial charge on any atom is 0.336 e. The van der Waals surface area contributed by atoms with E-state index in [1.54, 1.807) is 25.2 Å². The first-order valence-corrected chi connectivity index (χ1v) is 5.92. The number of benzene rings is 2. The smallest absolute Gasteiger partial charge is 0.336 e. The number of rotatable bonds is 4. The van der Waals surface area contributed by atoms with Gasteiger partial charge in [-0.1, -0.05) is 18.2 Å². The van der Waals surface area contributed by atoms with Gasteiger partial charge in [-0.15, -0.1) is 0 Å². The normalized spacial score (nSPS) is 10.1. The van der Waals surface area contributed by atoms with Crippen LogP contribution in [0, 0.1) is 0 Å². The van der Waals surface area contributed by atoms with Crippen molar-refractivity contribution in [3.63, 3.8) is 0 Å². The van der Waals surface area contributed by atoms with Gasteiger partial charge in [0.15, 0.2) is 5.78 Å². The fourth-order valence-electron chi connectivity index (χ4n) is 1.89. The number of hydrogen-bond acceptors (Lipinski definition) is 4. The molecule has 5 heteroatoms. The number of carboxylic acids is 1. The van der Waals surface area contributed by atoms with Gasteiger partial charge in [0.2, 0.25) is 0 Å². The first kappa shape index (κ1) is 13.6. The summed E-state index contributed by atoms with van der Waals surface area (Å²) < 4.78 is 0. The van der Waals surface area contributed by atoms with E-state index in [2.05, 4.69) is 5.32 Å². The Morgan fingerprint density at radius 3 is 2.20 bits per heavy atom. The van der Waals surface area contributed by atoms with Crippen molar-refractivity contribution in [1.29, 1.82) is 0 Å². The number of nitrogens with one attached hydrogen (secondary N) is 1. The van der Waals surface area contributed by atoms with Crippen LogP contribution in [0.15, 0.2) is 42.5 Å². The Bertz CT molecular complexity index is 679. The molecule has 0 radical (unpaired) electrons. The number of carbonyl (C=O) groups is 2. The van der Waals surface area contributed by atoms with Crippen LogP contribution in [0.3, 0.4) is 0 Å². The van der Waals surface area contributed by atoms with Gasteiger partial charge >= 0.3 is 5.97 Å². The molecule has 0 aromatic heterocycles. The molecular weight excluding hydrogens is 258 g/mol. The molecule has 20 heavy (non-hydrogen) atoms. The summed E-state index contributed by atoms with van der Waals surface area (Å²) in [5.74, 6) is -1.90. The topological polar surface area (TPSA) is 86.6 Å². The molecule has 0 saturated carbocycles. The largest absolute Gasteiger partial charge is 0.507 e. The quantitative estimate of drug-likeness (QED) is 0.743. The molecule has 2 aromatic rings. The lowest BCUT2D eigenvalue weighted by Gasteiger charge is -2.08. The summed E-state index contributed by atoms with van der Waals surface area (Å²) in [4.78, 5) is 23.5. The fraction of sp³-hybridized carbons (Fsp3) is 0.0667. The van der Waals surface area contributed by atoms with Gasteiger partial charge in [-0.25, -0.2) is 4.79 Å². The third-order valence-electron chi connectivity index (χ3n) is 2.93. The Balaban J connectivity index is 2.49. The van der Waals surface area contributed by atoms with Crippen LogP contribution in [-0.2, 0) is 0 Å². The highest BCUT2D eigenvalue weighted by Crippen LogP contribution is 2.25. The number of carbonyl (C=O) groups excluding carboxylic acids is 1. The van der Waals surface area contributed by atoms with Crippen molar-refractivity contribution in [2.45, 2.75) is 0 Å². The van der Waals surface area contributed by atoms with Crippen LogP contribution in [0.5, 0.6) is 5.75 Å². The zero-order valence-corrected chi connectivity index (χ0v) is 10.8. The fourth-order valence-corrected chi connectivity index (χ4v) is 1.89. The van der Waals surface area contributed by atoms with E-state index in [9.17, 15) is 14.7 Å². The molecule has 0 saturated heterocycles. The van der Waals surface area contributed by atoms with E-state index < -0.39 is 11.8 Å². The summed E-state index contributed by atoms with van der Waals surface area (Å²) in [6, 6.07) is 10.4. The third-order valence-corrected chi connectivity index (χ3v) is 2.93. The van der Waals surface area contributed by atoms with Crippen molar-refractivity contribution in [1.82, 2.24) is 0 Å². The minimum atomic E-state index is -1.18. The minimum Gasteiger partial charge on any atom is -0.507 e. The van der Waals surface area contributed by atoms with Crippen molar-refractivity contribution in [3.05, 3.63) is 59.2 Å². The average molecular weight is 271 g/mol. The van der Waals surface area contributed by atoms with E-state index >= 15 is 0 Å². The van der Waals surface area contributed by atoms with Gasteiger partial charge in [0, 0.05) is 24.4 Å². The van der Waals surface area contributed by atoms with Crippen LogP contribution >= 0.6 is 0 Å². The van der Waals surface area contributed by atoms with E-state index in [4.69, 9.17) is 5.11 Å². The van der Waals surface area contributed by atoms with Crippen molar-refractivity contribution in [2.24, 2.45) is 0 Å². The molecule has 0 aliphatic heterocycles. The van der Waals surface area contributed by atoms with E-state index in [0.717, 1.165) is 0 Å². The number of aromatic hydroxyl groups is 1. The highest BCUT2D eigenvalue weighted by molar-refractivity contribution is 6.15. The Labute approximate surface area is 115 Å². The highest BCUT2D eigenvalue weighted by atomic mass is 16.4. The van der Waals surface area contributed by atoms with Crippen LogP contribution in [0.4, 0.5) is 5.69 Å². The van der Waals surface area contributed by atoms with Gasteiger partial charge in [-0.3, -0.25) is 4.79 Å². The number of phenolic OH excluding ortho intramolecular Hbond substituents is 1. The van der Waals surface area contributed by atoms with E-state index in [-0.39, 0.29) is 22.4 Å². The van der Waals surface area contributed by atoms with Gasteiger partial charge < -0.3 is 15.5 Å². The second kappa shape index (κ2) is 5.44. The predicted molar refractivity (Wildman–Crippen MR) is 74.5 cm³/mol. The second-order valence-electron chi connectivity index (χ2n) is 4.16. The van der Waals surface area contributed by atoms with Crippen molar-refractivity contribution in [3.8, 4) is 5.75 Å². The molecule has 5 nitrogen and oxygen atoms in total. The zero-order valence-electron chi connectivity index (χ0n) is 10.8. The lowest BCUT2D eigenvalue weighted by Crippen LogP contribution is -2.09. The Morgan fingerprint density at radius 1 is 1.00 bits per heavy atom. The lowest BCUT2D eigenvalue weighted by atomic mass is 9.97. The number of aromatic carboxylic acids is 1. The highest BCUT2D eigenvalue weighted by Gasteiger charge is 2.19. The molecule has 0 heterocycles. The number of phenols is 1. The van der Waals surface area contributed by atoms with Gasteiger partial charge in [0.25, 0.3) is 0 Å². The molecule has 2 aromatic carbocycles.